The van der Waals surface area contributed by atoms with E-state index in [4.69, 9.17) is 14.2 Å². The standard InChI is InChI=1S/C48H51N3O7Si/c1-32-46(59(4,5)41-22-19-39(56-2)20-23-41)44(27-45(54)49-29-35-12-10-9-11-34(35)25-38(49)30-52)58-48(32)42-26-40(57-3)21-24-43(42)50(47(48)55)28-33-15-17-37(18-16-33)51(31-53)36-13-7-6-8-14-36/h6-24,26,31-32,38,44,46,52H,25,27-30H2,1-5H3/t32-,38-,44+,46-,48+/m0/s1. The average molecular weight is 810 g/mol. The van der Waals surface area contributed by atoms with Crippen molar-refractivity contribution < 1.29 is 33.7 Å². The van der Waals surface area contributed by atoms with E-state index in [1.807, 2.05) is 103 Å². The molecule has 11 heteroatoms. The molecule has 1 fully saturated rings. The molecule has 0 aromatic heterocycles. The van der Waals surface area contributed by atoms with E-state index in [0.29, 0.717) is 24.4 Å². The number of benzene rings is 5. The second kappa shape index (κ2) is 16.1. The summed E-state index contributed by atoms with van der Waals surface area (Å²) in [7, 11) is 0.706. The number of fused-ring (bicyclic) bond motifs is 3. The van der Waals surface area contributed by atoms with Crippen molar-refractivity contribution in [3.05, 3.63) is 144 Å². The van der Waals surface area contributed by atoms with Crippen molar-refractivity contribution in [1.29, 1.82) is 0 Å². The molecule has 0 radical (unpaired) electrons. The van der Waals surface area contributed by atoms with E-state index < -0.39 is 19.8 Å². The van der Waals surface area contributed by atoms with Crippen LogP contribution in [0.3, 0.4) is 0 Å². The number of aliphatic hydroxyl groups excluding tert-OH is 1. The van der Waals surface area contributed by atoms with Gasteiger partial charge in [-0.1, -0.05) is 91.9 Å². The monoisotopic (exact) mass is 809 g/mol. The molecule has 8 rings (SSSR count). The van der Waals surface area contributed by atoms with E-state index >= 15 is 4.79 Å². The van der Waals surface area contributed by atoms with Crippen LogP contribution in [0.1, 0.15) is 35.6 Å². The molecule has 10 nitrogen and oxygen atoms in total. The fraction of sp³-hybridized carbons (Fsp3) is 0.312. The molecular weight excluding hydrogens is 759 g/mol. The van der Waals surface area contributed by atoms with Gasteiger partial charge in [-0.2, -0.15) is 0 Å². The van der Waals surface area contributed by atoms with Crippen LogP contribution in [0.2, 0.25) is 18.6 Å². The van der Waals surface area contributed by atoms with Gasteiger partial charge in [0.15, 0.2) is 5.60 Å². The summed E-state index contributed by atoms with van der Waals surface area (Å²) in [5.41, 5.74) is 4.43. The molecule has 1 spiro atoms. The van der Waals surface area contributed by atoms with Crippen molar-refractivity contribution in [2.45, 2.75) is 69.2 Å². The number of aliphatic hydroxyl groups is 1. The van der Waals surface area contributed by atoms with E-state index in [1.165, 1.54) is 5.19 Å². The van der Waals surface area contributed by atoms with E-state index in [-0.39, 0.29) is 48.9 Å². The molecule has 3 aliphatic heterocycles. The van der Waals surface area contributed by atoms with Crippen molar-refractivity contribution in [2.75, 3.05) is 30.6 Å². The number of carbonyl (C=O) groups excluding carboxylic acids is 3. The summed E-state index contributed by atoms with van der Waals surface area (Å²) >= 11 is 0. The lowest BCUT2D eigenvalue weighted by Gasteiger charge is -2.39. The highest BCUT2D eigenvalue weighted by Crippen LogP contribution is 2.60. The number of hydrogen-bond acceptors (Lipinski definition) is 7. The maximum absolute atomic E-state index is 15.4. The molecule has 5 aromatic rings. The smallest absolute Gasteiger partial charge is 0.264 e. The van der Waals surface area contributed by atoms with Crippen molar-refractivity contribution in [3.63, 3.8) is 0 Å². The maximum atomic E-state index is 15.4. The predicted octanol–water partition coefficient (Wildman–Crippen LogP) is 7.10. The Bertz CT molecular complexity index is 2340. The molecule has 5 aromatic carbocycles. The van der Waals surface area contributed by atoms with Crippen molar-refractivity contribution in [2.24, 2.45) is 5.92 Å². The molecule has 304 valence electrons. The topological polar surface area (TPSA) is 109 Å². The van der Waals surface area contributed by atoms with Gasteiger partial charge >= 0.3 is 0 Å². The van der Waals surface area contributed by atoms with E-state index in [9.17, 15) is 14.7 Å². The minimum Gasteiger partial charge on any atom is -0.497 e. The summed E-state index contributed by atoms with van der Waals surface area (Å²) in [4.78, 5) is 47.4. The van der Waals surface area contributed by atoms with Crippen molar-refractivity contribution >= 4 is 48.5 Å². The third-order valence-corrected chi connectivity index (χ3v) is 17.4. The third-order valence-electron chi connectivity index (χ3n) is 13.0. The maximum Gasteiger partial charge on any atom is 0.264 e. The van der Waals surface area contributed by atoms with E-state index in [2.05, 4.69) is 38.2 Å². The molecule has 0 aliphatic carbocycles. The van der Waals surface area contributed by atoms with Gasteiger partial charge in [-0.25, -0.2) is 0 Å². The highest BCUT2D eigenvalue weighted by Gasteiger charge is 2.66. The summed E-state index contributed by atoms with van der Waals surface area (Å²) in [6, 6.07) is 38.7. The second-order valence-corrected chi connectivity index (χ2v) is 21.1. The number of ether oxygens (including phenoxy) is 3. The van der Waals surface area contributed by atoms with Crippen molar-refractivity contribution in [3.8, 4) is 11.5 Å². The second-order valence-electron chi connectivity index (χ2n) is 16.4. The Labute approximate surface area is 346 Å². The van der Waals surface area contributed by atoms with Gasteiger partial charge in [0.1, 0.15) is 11.5 Å². The van der Waals surface area contributed by atoms with Crippen molar-refractivity contribution in [1.82, 2.24) is 4.90 Å². The fourth-order valence-electron chi connectivity index (χ4n) is 9.91. The normalized spacial score (nSPS) is 22.2. The number of hydrogen-bond donors (Lipinski definition) is 1. The van der Waals surface area contributed by atoms with Crippen LogP contribution in [0.25, 0.3) is 0 Å². The van der Waals surface area contributed by atoms with Gasteiger partial charge in [0.2, 0.25) is 12.3 Å². The Morgan fingerprint density at radius 2 is 1.53 bits per heavy atom. The largest absolute Gasteiger partial charge is 0.497 e. The first-order valence-corrected chi connectivity index (χ1v) is 23.3. The fourth-order valence-corrected chi connectivity index (χ4v) is 13.9. The Morgan fingerprint density at radius 1 is 0.881 bits per heavy atom. The quantitative estimate of drug-likeness (QED) is 0.106. The van der Waals surface area contributed by atoms with Gasteiger partial charge in [0.05, 0.1) is 59.7 Å². The molecule has 5 atom stereocenters. The lowest BCUT2D eigenvalue weighted by Crippen LogP contribution is -2.52. The number of carbonyl (C=O) groups is 3. The summed E-state index contributed by atoms with van der Waals surface area (Å²) in [5.74, 6) is 0.736. The number of anilines is 3. The molecule has 0 unspecified atom stereocenters. The Morgan fingerprint density at radius 3 is 2.19 bits per heavy atom. The first-order chi connectivity index (χ1) is 28.5. The predicted molar refractivity (Wildman–Crippen MR) is 231 cm³/mol. The number of methoxy groups -OCH3 is 2. The minimum absolute atomic E-state index is 0.0602. The molecular formula is C48H51N3O7Si. The summed E-state index contributed by atoms with van der Waals surface area (Å²) in [5, 5.41) is 11.7. The zero-order valence-corrected chi connectivity index (χ0v) is 35.2. The van der Waals surface area contributed by atoms with Crippen LogP contribution < -0.4 is 24.5 Å². The first kappa shape index (κ1) is 40.0. The first-order valence-electron chi connectivity index (χ1n) is 20.2. The summed E-state index contributed by atoms with van der Waals surface area (Å²) < 4.78 is 18.6. The Kier molecular flexibility index (Phi) is 10.9. The highest BCUT2D eigenvalue weighted by atomic mass is 28.3. The SMILES string of the molecule is COc1ccc([Si](C)(C)[C@@H]2[C@@H](CC(=O)N3Cc4ccccc4C[C@H]3CO)O[C@]3(C(=O)N(Cc4ccc(N(C=O)c5ccccc5)cc4)c4ccc(OC)cc43)[C@H]2C)cc1. The van der Waals surface area contributed by atoms with Crippen LogP contribution in [-0.4, -0.2) is 69.3 Å². The van der Waals surface area contributed by atoms with Crippen LogP contribution in [0.4, 0.5) is 17.1 Å². The molecule has 3 heterocycles. The van der Waals surface area contributed by atoms with Crippen LogP contribution in [0.15, 0.2) is 121 Å². The van der Waals surface area contributed by atoms with Gasteiger partial charge < -0.3 is 29.1 Å². The van der Waals surface area contributed by atoms with E-state index in [1.54, 1.807) is 28.9 Å². The molecule has 0 saturated carbocycles. The molecule has 59 heavy (non-hydrogen) atoms. The van der Waals surface area contributed by atoms with Crippen LogP contribution >= 0.6 is 0 Å². The lowest BCUT2D eigenvalue weighted by atomic mass is 9.82. The summed E-state index contributed by atoms with van der Waals surface area (Å²) in [6.45, 7) is 7.22. The van der Waals surface area contributed by atoms with Crippen LogP contribution in [0, 0.1) is 5.92 Å². The van der Waals surface area contributed by atoms with Gasteiger partial charge in [0.25, 0.3) is 5.91 Å². The Hall–Kier alpha value is -5.75. The van der Waals surface area contributed by atoms with Gasteiger partial charge in [-0.3, -0.25) is 19.3 Å². The van der Waals surface area contributed by atoms with Gasteiger partial charge in [-0.15, -0.1) is 0 Å². The molecule has 1 N–H and O–H groups in total. The number of rotatable bonds is 12. The number of nitrogens with zero attached hydrogens (tertiary/aromatic N) is 3. The molecule has 0 bridgehead atoms. The number of para-hydroxylation sites is 1. The third kappa shape index (κ3) is 7.00. The lowest BCUT2D eigenvalue weighted by molar-refractivity contribution is -0.151. The summed E-state index contributed by atoms with van der Waals surface area (Å²) in [6.07, 6.45) is 0.821. The molecule has 1 saturated heterocycles. The van der Waals surface area contributed by atoms with E-state index in [0.717, 1.165) is 45.8 Å². The zero-order valence-electron chi connectivity index (χ0n) is 34.2. The molecule has 3 amide bonds. The minimum atomic E-state index is -2.55. The number of amides is 3. The van der Waals surface area contributed by atoms with Crippen LogP contribution in [0.5, 0.6) is 11.5 Å². The molecule has 3 aliphatic rings. The average Bonchev–Trinajstić information content (AvgIpc) is 3.69. The zero-order chi connectivity index (χ0) is 41.5. The highest BCUT2D eigenvalue weighted by molar-refractivity contribution is 6.91. The van der Waals surface area contributed by atoms with Gasteiger partial charge in [0, 0.05) is 29.4 Å². The Balaban J connectivity index is 1.17. The van der Waals surface area contributed by atoms with Gasteiger partial charge in [-0.05, 0) is 83.2 Å². The van der Waals surface area contributed by atoms with Crippen LogP contribution in [-0.2, 0) is 44.2 Å².